The summed E-state index contributed by atoms with van der Waals surface area (Å²) in [5.74, 6) is 1.30. The molecule has 4 heterocycles. The molecule has 3 aromatic rings. The smallest absolute Gasteiger partial charge is 0.254 e. The summed E-state index contributed by atoms with van der Waals surface area (Å²) in [5, 5.41) is 2.84. The number of carbonyl (C=O) groups excluding carboxylic acids is 2. The van der Waals surface area contributed by atoms with Crippen LogP contribution < -0.4 is 9.47 Å². The van der Waals surface area contributed by atoms with Gasteiger partial charge in [0, 0.05) is 48.2 Å². The standard InChI is InChI=1S/C27H26ClN3O4S/c28-20-4-1-18(2-5-20)26-21-8-14-36-24(21)7-9-31(26)16-25(32)29-10-12-30(13-11-29)27(33)19-3-6-22-23(15-19)35-17-34-22/h1-6,8,14-15,26H,7,9-13,16-17H2/t26-/m1/s1. The number of rotatable bonds is 4. The van der Waals surface area contributed by atoms with Crippen molar-refractivity contribution in [2.24, 2.45) is 0 Å². The molecule has 36 heavy (non-hydrogen) atoms. The van der Waals surface area contributed by atoms with E-state index in [2.05, 4.69) is 28.5 Å². The van der Waals surface area contributed by atoms with Crippen molar-refractivity contribution in [3.05, 3.63) is 80.5 Å². The predicted molar refractivity (Wildman–Crippen MR) is 138 cm³/mol. The second kappa shape index (κ2) is 9.76. The van der Waals surface area contributed by atoms with Crippen LogP contribution in [0.2, 0.25) is 5.02 Å². The van der Waals surface area contributed by atoms with Crippen molar-refractivity contribution in [2.75, 3.05) is 46.1 Å². The van der Waals surface area contributed by atoms with Gasteiger partial charge in [-0.05, 0) is 59.3 Å². The topological polar surface area (TPSA) is 62.3 Å². The van der Waals surface area contributed by atoms with Crippen LogP contribution in [0.5, 0.6) is 11.5 Å². The fraction of sp³-hybridized carbons (Fsp3) is 0.333. The number of benzene rings is 2. The van der Waals surface area contributed by atoms with Crippen LogP contribution in [0.1, 0.15) is 32.4 Å². The number of carbonyl (C=O) groups is 2. The van der Waals surface area contributed by atoms with Gasteiger partial charge in [0.05, 0.1) is 12.6 Å². The zero-order valence-electron chi connectivity index (χ0n) is 19.7. The minimum absolute atomic E-state index is 0.0371. The lowest BCUT2D eigenvalue weighted by molar-refractivity contribution is -0.134. The highest BCUT2D eigenvalue weighted by Crippen LogP contribution is 2.38. The summed E-state index contributed by atoms with van der Waals surface area (Å²) >= 11 is 7.92. The van der Waals surface area contributed by atoms with Gasteiger partial charge in [0.25, 0.3) is 5.91 Å². The average molecular weight is 524 g/mol. The third kappa shape index (κ3) is 4.45. The van der Waals surface area contributed by atoms with E-state index in [-0.39, 0.29) is 24.6 Å². The molecule has 9 heteroatoms. The molecule has 0 spiro atoms. The second-order valence-corrected chi connectivity index (χ2v) is 10.7. The first-order chi connectivity index (χ1) is 17.6. The summed E-state index contributed by atoms with van der Waals surface area (Å²) in [6.07, 6.45) is 0.947. The van der Waals surface area contributed by atoms with Crippen molar-refractivity contribution in [1.82, 2.24) is 14.7 Å². The van der Waals surface area contributed by atoms with E-state index in [0.717, 1.165) is 18.5 Å². The van der Waals surface area contributed by atoms with Gasteiger partial charge >= 0.3 is 0 Å². The Morgan fingerprint density at radius 3 is 2.47 bits per heavy atom. The van der Waals surface area contributed by atoms with E-state index in [1.54, 1.807) is 34.4 Å². The molecule has 2 amide bonds. The quantitative estimate of drug-likeness (QED) is 0.516. The minimum Gasteiger partial charge on any atom is -0.454 e. The molecule has 186 valence electrons. The highest BCUT2D eigenvalue weighted by atomic mass is 35.5. The zero-order valence-corrected chi connectivity index (χ0v) is 21.3. The van der Waals surface area contributed by atoms with Gasteiger partial charge in [-0.25, -0.2) is 0 Å². The van der Waals surface area contributed by atoms with Crippen molar-refractivity contribution in [3.8, 4) is 11.5 Å². The Balaban J connectivity index is 1.11. The van der Waals surface area contributed by atoms with E-state index in [4.69, 9.17) is 21.1 Å². The van der Waals surface area contributed by atoms with Crippen LogP contribution in [0, 0.1) is 0 Å². The molecule has 2 aromatic carbocycles. The molecule has 1 aromatic heterocycles. The molecular weight excluding hydrogens is 498 g/mol. The first-order valence-corrected chi connectivity index (χ1v) is 13.3. The fourth-order valence-corrected chi connectivity index (χ4v) is 6.25. The monoisotopic (exact) mass is 523 g/mol. The van der Waals surface area contributed by atoms with E-state index >= 15 is 0 Å². The number of amides is 2. The molecule has 0 unspecified atom stereocenters. The van der Waals surface area contributed by atoms with Crippen LogP contribution >= 0.6 is 22.9 Å². The minimum atomic E-state index is -0.0516. The third-order valence-corrected chi connectivity index (χ3v) is 8.38. The van der Waals surface area contributed by atoms with E-state index in [0.29, 0.717) is 54.8 Å². The van der Waals surface area contributed by atoms with E-state index in [1.807, 2.05) is 17.0 Å². The first-order valence-electron chi connectivity index (χ1n) is 12.1. The Bertz CT molecular complexity index is 1290. The van der Waals surface area contributed by atoms with Gasteiger partial charge in [0.15, 0.2) is 11.5 Å². The molecule has 0 radical (unpaired) electrons. The Morgan fingerprint density at radius 2 is 1.67 bits per heavy atom. The van der Waals surface area contributed by atoms with Crippen molar-refractivity contribution >= 4 is 34.8 Å². The predicted octanol–water partition coefficient (Wildman–Crippen LogP) is 4.06. The number of fused-ring (bicyclic) bond motifs is 2. The first kappa shape index (κ1) is 23.3. The number of thiophene rings is 1. The van der Waals surface area contributed by atoms with Gasteiger partial charge < -0.3 is 19.3 Å². The Kier molecular flexibility index (Phi) is 6.33. The van der Waals surface area contributed by atoms with Crippen LogP contribution in [0.15, 0.2) is 53.9 Å². The normalized spacial score (nSPS) is 19.3. The maximum atomic E-state index is 13.4. The summed E-state index contributed by atoms with van der Waals surface area (Å²) in [7, 11) is 0. The van der Waals surface area contributed by atoms with E-state index in [1.165, 1.54) is 10.4 Å². The summed E-state index contributed by atoms with van der Waals surface area (Å²) < 4.78 is 10.7. The van der Waals surface area contributed by atoms with Crippen LogP contribution in [0.4, 0.5) is 0 Å². The van der Waals surface area contributed by atoms with E-state index < -0.39 is 0 Å². The number of piperazine rings is 1. The van der Waals surface area contributed by atoms with Gasteiger partial charge in [-0.2, -0.15) is 0 Å². The van der Waals surface area contributed by atoms with Crippen molar-refractivity contribution < 1.29 is 19.1 Å². The number of hydrogen-bond acceptors (Lipinski definition) is 6. The van der Waals surface area contributed by atoms with E-state index in [9.17, 15) is 9.59 Å². The number of nitrogens with zero attached hydrogens (tertiary/aromatic N) is 3. The van der Waals surface area contributed by atoms with Gasteiger partial charge in [-0.1, -0.05) is 23.7 Å². The molecular formula is C27H26ClN3O4S. The summed E-state index contributed by atoms with van der Waals surface area (Å²) in [5.41, 5.74) is 3.00. The van der Waals surface area contributed by atoms with Gasteiger partial charge in [-0.3, -0.25) is 14.5 Å². The molecule has 0 aliphatic carbocycles. The Labute approximate surface area is 218 Å². The van der Waals surface area contributed by atoms with Gasteiger partial charge in [0.1, 0.15) is 0 Å². The van der Waals surface area contributed by atoms with Crippen LogP contribution in [-0.4, -0.2) is 72.6 Å². The van der Waals surface area contributed by atoms with Crippen LogP contribution in [0.25, 0.3) is 0 Å². The lowest BCUT2D eigenvalue weighted by atomic mass is 9.93. The Hall–Kier alpha value is -3.07. The molecule has 1 fully saturated rings. The lowest BCUT2D eigenvalue weighted by Crippen LogP contribution is -2.53. The van der Waals surface area contributed by atoms with Crippen molar-refractivity contribution in [2.45, 2.75) is 12.5 Å². The second-order valence-electron chi connectivity index (χ2n) is 9.21. The molecule has 1 atom stereocenters. The summed E-state index contributed by atoms with van der Waals surface area (Å²) in [4.78, 5) is 33.7. The Morgan fingerprint density at radius 1 is 0.917 bits per heavy atom. The highest BCUT2D eigenvalue weighted by Gasteiger charge is 2.33. The number of halogens is 1. The fourth-order valence-electron chi connectivity index (χ4n) is 5.22. The summed E-state index contributed by atoms with van der Waals surface area (Å²) in [6, 6.07) is 15.4. The zero-order chi connectivity index (χ0) is 24.6. The van der Waals surface area contributed by atoms with Crippen LogP contribution in [-0.2, 0) is 11.2 Å². The molecule has 3 aliphatic rings. The van der Waals surface area contributed by atoms with Gasteiger partial charge in [0.2, 0.25) is 12.7 Å². The van der Waals surface area contributed by atoms with Crippen molar-refractivity contribution in [3.63, 3.8) is 0 Å². The molecule has 6 rings (SSSR count). The van der Waals surface area contributed by atoms with Crippen molar-refractivity contribution in [1.29, 1.82) is 0 Å². The summed E-state index contributed by atoms with van der Waals surface area (Å²) in [6.45, 7) is 3.42. The van der Waals surface area contributed by atoms with Gasteiger partial charge in [-0.15, -0.1) is 11.3 Å². The largest absolute Gasteiger partial charge is 0.454 e. The molecule has 0 N–H and O–H groups in total. The molecule has 1 saturated heterocycles. The lowest BCUT2D eigenvalue weighted by Gasteiger charge is -2.39. The van der Waals surface area contributed by atoms with Crippen LogP contribution in [0.3, 0.4) is 0 Å². The molecule has 0 bridgehead atoms. The SMILES string of the molecule is O=C(CN1CCc2sccc2[C@H]1c1ccc(Cl)cc1)N1CCN(C(=O)c2ccc3c(c2)OCO3)CC1. The molecule has 3 aliphatic heterocycles. The maximum Gasteiger partial charge on any atom is 0.254 e. The number of hydrogen-bond donors (Lipinski definition) is 0. The highest BCUT2D eigenvalue weighted by molar-refractivity contribution is 7.10. The third-order valence-electron chi connectivity index (χ3n) is 7.13. The average Bonchev–Trinajstić information content (AvgIpc) is 3.58. The number of ether oxygens (including phenoxy) is 2. The maximum absolute atomic E-state index is 13.4. The molecule has 7 nitrogen and oxygen atoms in total. The molecule has 0 saturated carbocycles.